The summed E-state index contributed by atoms with van der Waals surface area (Å²) in [4.78, 5) is 42.2. The highest BCUT2D eigenvalue weighted by atomic mass is 32.2. The van der Waals surface area contributed by atoms with E-state index in [4.69, 9.17) is 0 Å². The zero-order valence-corrected chi connectivity index (χ0v) is 19.4. The second-order valence-electron chi connectivity index (χ2n) is 9.23. The quantitative estimate of drug-likeness (QED) is 0.626. The van der Waals surface area contributed by atoms with Crippen molar-refractivity contribution >= 4 is 27.9 Å². The first-order chi connectivity index (χ1) is 15.0. The molecule has 2 aliphatic heterocycles. The Labute approximate surface area is 187 Å². The van der Waals surface area contributed by atoms with Gasteiger partial charge >= 0.3 is 6.03 Å². The SMILES string of the molecule is Cc1nc(S(=O)(=O)N2CCC(C(=O)NN3C(=O)NC4(CCC(C)CC4)C3=O)CC2)cn1C. The Morgan fingerprint density at radius 1 is 1.19 bits per heavy atom. The molecule has 11 nitrogen and oxygen atoms in total. The van der Waals surface area contributed by atoms with E-state index in [1.807, 2.05) is 0 Å². The number of urea groups is 1. The highest BCUT2D eigenvalue weighted by Gasteiger charge is 2.53. The number of hydrazine groups is 1. The molecule has 176 valence electrons. The van der Waals surface area contributed by atoms with Gasteiger partial charge in [-0.15, -0.1) is 0 Å². The van der Waals surface area contributed by atoms with Gasteiger partial charge in [-0.05, 0) is 51.4 Å². The number of aromatic nitrogens is 2. The van der Waals surface area contributed by atoms with Crippen LogP contribution in [0.15, 0.2) is 11.2 Å². The Bertz CT molecular complexity index is 1020. The first kappa shape index (κ1) is 22.7. The minimum Gasteiger partial charge on any atom is -0.337 e. The van der Waals surface area contributed by atoms with Crippen molar-refractivity contribution in [1.82, 2.24) is 29.6 Å². The van der Waals surface area contributed by atoms with Crippen LogP contribution in [0.2, 0.25) is 0 Å². The molecule has 4 amide bonds. The highest BCUT2D eigenvalue weighted by Crippen LogP contribution is 2.36. The normalized spacial score (nSPS) is 27.7. The Hall–Kier alpha value is -2.47. The minimum atomic E-state index is -3.73. The first-order valence-electron chi connectivity index (χ1n) is 11.0. The fraction of sp³-hybridized carbons (Fsp3) is 0.700. The van der Waals surface area contributed by atoms with E-state index in [-0.39, 0.29) is 18.1 Å². The summed E-state index contributed by atoms with van der Waals surface area (Å²) in [6.07, 6.45) is 4.88. The molecule has 1 aromatic heterocycles. The van der Waals surface area contributed by atoms with Gasteiger partial charge in [0, 0.05) is 32.3 Å². The fourth-order valence-electron chi connectivity index (χ4n) is 4.66. The molecular weight excluding hydrogens is 436 g/mol. The van der Waals surface area contributed by atoms with Gasteiger partial charge in [-0.2, -0.15) is 9.31 Å². The fourth-order valence-corrected chi connectivity index (χ4v) is 6.15. The summed E-state index contributed by atoms with van der Waals surface area (Å²) >= 11 is 0. The number of nitrogens with zero attached hydrogens (tertiary/aromatic N) is 4. The van der Waals surface area contributed by atoms with Crippen LogP contribution in [0.25, 0.3) is 0 Å². The van der Waals surface area contributed by atoms with Crippen molar-refractivity contribution in [2.45, 2.75) is 62.9 Å². The standard InChI is InChI=1S/C20H30N6O5S/c1-13-4-8-20(9-5-13)18(28)26(19(29)22-20)23-17(27)15-6-10-25(11-7-15)32(30,31)16-12-24(3)14(2)21-16/h12-13,15H,4-11H2,1-3H3,(H,22,29)(H,23,27). The van der Waals surface area contributed by atoms with Crippen LogP contribution in [0.4, 0.5) is 4.79 Å². The number of rotatable bonds is 4. The number of imide groups is 1. The summed E-state index contributed by atoms with van der Waals surface area (Å²) < 4.78 is 28.6. The maximum absolute atomic E-state index is 12.9. The number of hydrogen-bond acceptors (Lipinski definition) is 6. The van der Waals surface area contributed by atoms with Crippen molar-refractivity contribution < 1.29 is 22.8 Å². The predicted molar refractivity (Wildman–Crippen MR) is 113 cm³/mol. The molecule has 0 unspecified atom stereocenters. The first-order valence-corrected chi connectivity index (χ1v) is 12.4. The van der Waals surface area contributed by atoms with Gasteiger partial charge in [0.25, 0.3) is 15.9 Å². The predicted octanol–water partition coefficient (Wildman–Crippen LogP) is 0.661. The molecule has 3 heterocycles. The second-order valence-corrected chi connectivity index (χ2v) is 11.1. The van der Waals surface area contributed by atoms with Crippen molar-refractivity contribution in [3.05, 3.63) is 12.0 Å². The van der Waals surface area contributed by atoms with E-state index >= 15 is 0 Å². The number of carbonyl (C=O) groups excluding carboxylic acids is 3. The van der Waals surface area contributed by atoms with Crippen LogP contribution in [-0.2, 0) is 26.7 Å². The number of amides is 4. The molecule has 3 aliphatic rings. The van der Waals surface area contributed by atoms with Crippen LogP contribution in [0.1, 0.15) is 51.3 Å². The van der Waals surface area contributed by atoms with E-state index < -0.39 is 39.3 Å². The molecule has 0 aromatic carbocycles. The molecule has 0 atom stereocenters. The Morgan fingerprint density at radius 2 is 1.81 bits per heavy atom. The third kappa shape index (κ3) is 3.90. The molecule has 0 bridgehead atoms. The Morgan fingerprint density at radius 3 is 2.38 bits per heavy atom. The zero-order valence-electron chi connectivity index (χ0n) is 18.6. The van der Waals surface area contributed by atoms with Gasteiger partial charge in [-0.3, -0.25) is 15.0 Å². The molecule has 1 saturated carbocycles. The summed E-state index contributed by atoms with van der Waals surface area (Å²) in [5.41, 5.74) is 1.55. The number of sulfonamides is 1. The third-order valence-electron chi connectivity index (χ3n) is 7.03. The van der Waals surface area contributed by atoms with Crippen LogP contribution < -0.4 is 10.7 Å². The molecule has 1 aliphatic carbocycles. The van der Waals surface area contributed by atoms with Gasteiger partial charge < -0.3 is 9.88 Å². The second kappa shape index (κ2) is 8.14. The third-order valence-corrected chi connectivity index (χ3v) is 8.80. The van der Waals surface area contributed by atoms with Crippen LogP contribution in [0, 0.1) is 18.8 Å². The van der Waals surface area contributed by atoms with Crippen molar-refractivity contribution in [1.29, 1.82) is 0 Å². The molecule has 0 radical (unpaired) electrons. The number of aryl methyl sites for hydroxylation is 2. The van der Waals surface area contributed by atoms with Gasteiger partial charge in [0.15, 0.2) is 5.03 Å². The number of nitrogens with one attached hydrogen (secondary N) is 2. The lowest BCUT2D eigenvalue weighted by atomic mass is 9.77. The van der Waals surface area contributed by atoms with Gasteiger partial charge in [0.05, 0.1) is 0 Å². The number of hydrogen-bond donors (Lipinski definition) is 2. The van der Waals surface area contributed by atoms with E-state index in [1.165, 1.54) is 10.5 Å². The molecule has 1 spiro atoms. The lowest BCUT2D eigenvalue weighted by Gasteiger charge is -2.33. The van der Waals surface area contributed by atoms with Crippen LogP contribution >= 0.6 is 0 Å². The summed E-state index contributed by atoms with van der Waals surface area (Å²) in [5.74, 6) is -0.244. The van der Waals surface area contributed by atoms with Gasteiger partial charge in [0.1, 0.15) is 11.4 Å². The van der Waals surface area contributed by atoms with E-state index in [2.05, 4.69) is 22.7 Å². The average Bonchev–Trinajstić information content (AvgIpc) is 3.22. The lowest BCUT2D eigenvalue weighted by Crippen LogP contribution is -2.53. The van der Waals surface area contributed by atoms with Crippen molar-refractivity contribution in [3.8, 4) is 0 Å². The number of piperidine rings is 1. The van der Waals surface area contributed by atoms with Crippen LogP contribution in [-0.4, -0.2) is 63.8 Å². The number of carbonyl (C=O) groups is 3. The molecule has 2 saturated heterocycles. The summed E-state index contributed by atoms with van der Waals surface area (Å²) in [6.45, 7) is 4.18. The summed E-state index contributed by atoms with van der Waals surface area (Å²) in [7, 11) is -2.01. The number of imidazole rings is 1. The zero-order chi connectivity index (χ0) is 23.3. The molecule has 1 aromatic rings. The molecular formula is C20H30N6O5S. The highest BCUT2D eigenvalue weighted by molar-refractivity contribution is 7.89. The van der Waals surface area contributed by atoms with Gasteiger partial charge in [0.2, 0.25) is 5.91 Å². The van der Waals surface area contributed by atoms with Gasteiger partial charge in [-0.1, -0.05) is 6.92 Å². The maximum atomic E-state index is 12.9. The van der Waals surface area contributed by atoms with Crippen molar-refractivity contribution in [2.75, 3.05) is 13.1 Å². The summed E-state index contributed by atoms with van der Waals surface area (Å²) in [5, 5.41) is 3.57. The van der Waals surface area contributed by atoms with E-state index in [0.29, 0.717) is 37.4 Å². The van der Waals surface area contributed by atoms with Gasteiger partial charge in [-0.25, -0.2) is 18.2 Å². The topological polar surface area (TPSA) is 134 Å². The van der Waals surface area contributed by atoms with Crippen LogP contribution in [0.5, 0.6) is 0 Å². The van der Waals surface area contributed by atoms with E-state index in [0.717, 1.165) is 17.9 Å². The van der Waals surface area contributed by atoms with E-state index in [1.54, 1.807) is 18.5 Å². The smallest absolute Gasteiger partial charge is 0.337 e. The Kier molecular flexibility index (Phi) is 5.78. The van der Waals surface area contributed by atoms with Crippen LogP contribution in [0.3, 0.4) is 0 Å². The van der Waals surface area contributed by atoms with E-state index in [9.17, 15) is 22.8 Å². The molecule has 12 heteroatoms. The monoisotopic (exact) mass is 466 g/mol. The maximum Gasteiger partial charge on any atom is 0.344 e. The lowest BCUT2D eigenvalue weighted by molar-refractivity contribution is -0.142. The van der Waals surface area contributed by atoms with Crippen molar-refractivity contribution in [3.63, 3.8) is 0 Å². The largest absolute Gasteiger partial charge is 0.344 e. The molecule has 32 heavy (non-hydrogen) atoms. The Balaban J connectivity index is 1.36. The molecule has 3 fully saturated rings. The molecule has 2 N–H and O–H groups in total. The van der Waals surface area contributed by atoms with Crippen molar-refractivity contribution in [2.24, 2.45) is 18.9 Å². The summed E-state index contributed by atoms with van der Waals surface area (Å²) in [6, 6.07) is -0.608. The average molecular weight is 467 g/mol. The minimum absolute atomic E-state index is 0.00756. The molecule has 4 rings (SSSR count).